The van der Waals surface area contributed by atoms with E-state index < -0.39 is 0 Å². The number of benzene rings is 1. The van der Waals surface area contributed by atoms with Crippen molar-refractivity contribution < 1.29 is 9.15 Å². The van der Waals surface area contributed by atoms with Crippen molar-refractivity contribution in [1.29, 1.82) is 0 Å². The van der Waals surface area contributed by atoms with E-state index in [1.807, 2.05) is 38.1 Å². The number of rotatable bonds is 8. The number of para-hydroxylation sites is 2. The average molecular weight is 363 g/mol. The van der Waals surface area contributed by atoms with Crippen molar-refractivity contribution in [2.75, 3.05) is 11.9 Å². The van der Waals surface area contributed by atoms with E-state index in [-0.39, 0.29) is 0 Å². The molecule has 9 heteroatoms. The van der Waals surface area contributed by atoms with E-state index >= 15 is 0 Å². The summed E-state index contributed by atoms with van der Waals surface area (Å²) in [6.07, 6.45) is 0.740. The van der Waals surface area contributed by atoms with Crippen molar-refractivity contribution in [3.8, 4) is 5.75 Å². The molecule has 0 spiro atoms. The Kier molecular flexibility index (Phi) is 5.65. The smallest absolute Gasteiger partial charge is 0.226 e. The minimum atomic E-state index is 0.581. The monoisotopic (exact) mass is 363 g/mol. The molecule has 0 amide bonds. The van der Waals surface area contributed by atoms with Gasteiger partial charge in [0.25, 0.3) is 0 Å². The predicted octanol–water partition coefficient (Wildman–Crippen LogP) is 3.92. The number of nitrogens with zero attached hydrogens (tertiary/aromatic N) is 4. The first kappa shape index (κ1) is 16.7. The molecule has 1 N–H and O–H groups in total. The molecule has 0 aliphatic heterocycles. The van der Waals surface area contributed by atoms with E-state index in [0.717, 1.165) is 22.2 Å². The van der Waals surface area contributed by atoms with Gasteiger partial charge in [-0.25, -0.2) is 0 Å². The number of aromatic nitrogens is 4. The van der Waals surface area contributed by atoms with Gasteiger partial charge in [0.1, 0.15) is 5.75 Å². The molecule has 0 fully saturated rings. The third-order valence-corrected chi connectivity index (χ3v) is 4.92. The Hall–Kier alpha value is -2.13. The second kappa shape index (κ2) is 8.11. The molecule has 0 saturated carbocycles. The molecule has 0 aliphatic rings. The maximum atomic E-state index is 5.60. The van der Waals surface area contributed by atoms with Crippen molar-refractivity contribution in [2.24, 2.45) is 0 Å². The van der Waals surface area contributed by atoms with Gasteiger partial charge in [0.05, 0.1) is 18.0 Å². The highest BCUT2D eigenvalue weighted by atomic mass is 32.2. The quantitative estimate of drug-likeness (QED) is 0.603. The van der Waals surface area contributed by atoms with Gasteiger partial charge in [0, 0.05) is 6.42 Å². The number of hydrogen-bond acceptors (Lipinski definition) is 9. The van der Waals surface area contributed by atoms with Crippen LogP contribution in [0.25, 0.3) is 0 Å². The third-order valence-electron chi connectivity index (χ3n) is 2.97. The van der Waals surface area contributed by atoms with Crippen LogP contribution in [0, 0.1) is 0 Å². The van der Waals surface area contributed by atoms with Crippen LogP contribution in [0.5, 0.6) is 5.75 Å². The summed E-state index contributed by atoms with van der Waals surface area (Å²) in [5, 5.41) is 20.2. The van der Waals surface area contributed by atoms with Crippen LogP contribution < -0.4 is 10.1 Å². The van der Waals surface area contributed by atoms with Gasteiger partial charge in [-0.15, -0.1) is 20.4 Å². The molecule has 2 aromatic heterocycles. The van der Waals surface area contributed by atoms with E-state index in [4.69, 9.17) is 9.15 Å². The molecule has 0 radical (unpaired) electrons. The molecule has 0 unspecified atom stereocenters. The van der Waals surface area contributed by atoms with E-state index in [1.165, 1.54) is 23.1 Å². The second-order valence-electron chi connectivity index (χ2n) is 4.66. The fourth-order valence-corrected chi connectivity index (χ4v) is 3.50. The standard InChI is InChI=1S/C15H17N5O2S2/c1-3-12-17-18-13(22-12)9-23-15-20-19-14(24-15)16-10-7-5-6-8-11(10)21-4-2/h5-8H,3-4,9H2,1-2H3,(H,16,19). The van der Waals surface area contributed by atoms with Crippen LogP contribution in [0.1, 0.15) is 25.6 Å². The van der Waals surface area contributed by atoms with Crippen molar-refractivity contribution in [3.05, 3.63) is 36.0 Å². The van der Waals surface area contributed by atoms with Gasteiger partial charge in [-0.2, -0.15) is 0 Å². The lowest BCUT2D eigenvalue weighted by Gasteiger charge is -2.09. The zero-order valence-corrected chi connectivity index (χ0v) is 15.0. The number of ether oxygens (including phenoxy) is 1. The molecule has 2 heterocycles. The lowest BCUT2D eigenvalue weighted by molar-refractivity contribution is 0.342. The Morgan fingerprint density at radius 2 is 1.96 bits per heavy atom. The highest BCUT2D eigenvalue weighted by Crippen LogP contribution is 2.32. The Morgan fingerprint density at radius 3 is 2.75 bits per heavy atom. The van der Waals surface area contributed by atoms with Gasteiger partial charge in [0.15, 0.2) is 4.34 Å². The zero-order chi connectivity index (χ0) is 16.8. The fourth-order valence-electron chi connectivity index (χ4n) is 1.90. The minimum absolute atomic E-state index is 0.581. The number of hydrogen-bond donors (Lipinski definition) is 1. The SMILES string of the molecule is CCOc1ccccc1Nc1nnc(SCc2nnc(CC)o2)s1. The van der Waals surface area contributed by atoms with Crippen LogP contribution in [-0.2, 0) is 12.2 Å². The maximum Gasteiger partial charge on any atom is 0.226 e. The Labute approximate surface area is 147 Å². The topological polar surface area (TPSA) is 86.0 Å². The van der Waals surface area contributed by atoms with E-state index in [9.17, 15) is 0 Å². The summed E-state index contributed by atoms with van der Waals surface area (Å²) < 4.78 is 11.9. The molecule has 7 nitrogen and oxygen atoms in total. The Balaban J connectivity index is 1.61. The number of aryl methyl sites for hydroxylation is 1. The van der Waals surface area contributed by atoms with Crippen LogP contribution in [0.4, 0.5) is 10.8 Å². The third kappa shape index (κ3) is 4.24. The molecule has 0 bridgehead atoms. The molecular weight excluding hydrogens is 346 g/mol. The van der Waals surface area contributed by atoms with Gasteiger partial charge in [0.2, 0.25) is 16.9 Å². The summed E-state index contributed by atoms with van der Waals surface area (Å²) in [7, 11) is 0. The first-order valence-electron chi connectivity index (χ1n) is 7.55. The van der Waals surface area contributed by atoms with Crippen molar-refractivity contribution in [2.45, 2.75) is 30.4 Å². The highest BCUT2D eigenvalue weighted by Gasteiger charge is 2.10. The molecule has 126 valence electrons. The normalized spacial score (nSPS) is 10.8. The minimum Gasteiger partial charge on any atom is -0.492 e. The predicted molar refractivity (Wildman–Crippen MR) is 94.0 cm³/mol. The van der Waals surface area contributed by atoms with Gasteiger partial charge in [-0.3, -0.25) is 0 Å². The van der Waals surface area contributed by atoms with Crippen molar-refractivity contribution >= 4 is 33.9 Å². The maximum absolute atomic E-state index is 5.60. The number of thioether (sulfide) groups is 1. The molecule has 0 aliphatic carbocycles. The van der Waals surface area contributed by atoms with Crippen LogP contribution in [-0.4, -0.2) is 27.0 Å². The molecular formula is C15H17N5O2S2. The average Bonchev–Trinajstić information content (AvgIpc) is 3.24. The van der Waals surface area contributed by atoms with Crippen LogP contribution in [0.15, 0.2) is 33.0 Å². The summed E-state index contributed by atoms with van der Waals surface area (Å²) >= 11 is 2.99. The van der Waals surface area contributed by atoms with E-state index in [0.29, 0.717) is 29.3 Å². The molecule has 0 atom stereocenters. The second-order valence-corrected chi connectivity index (χ2v) is 6.86. The number of nitrogens with one attached hydrogen (secondary N) is 1. The summed E-state index contributed by atoms with van der Waals surface area (Å²) in [5.74, 6) is 2.63. The van der Waals surface area contributed by atoms with Gasteiger partial charge >= 0.3 is 0 Å². The van der Waals surface area contributed by atoms with Crippen LogP contribution in [0.3, 0.4) is 0 Å². The van der Waals surface area contributed by atoms with E-state index in [2.05, 4.69) is 25.7 Å². The van der Waals surface area contributed by atoms with Crippen LogP contribution >= 0.6 is 23.1 Å². The summed E-state index contributed by atoms with van der Waals surface area (Å²) in [4.78, 5) is 0. The van der Waals surface area contributed by atoms with Gasteiger partial charge in [-0.05, 0) is 19.1 Å². The summed E-state index contributed by atoms with van der Waals surface area (Å²) in [6.45, 7) is 4.55. The van der Waals surface area contributed by atoms with Crippen molar-refractivity contribution in [1.82, 2.24) is 20.4 Å². The molecule has 0 saturated heterocycles. The zero-order valence-electron chi connectivity index (χ0n) is 13.4. The molecule has 1 aromatic carbocycles. The van der Waals surface area contributed by atoms with Crippen molar-refractivity contribution in [3.63, 3.8) is 0 Å². The van der Waals surface area contributed by atoms with E-state index in [1.54, 1.807) is 0 Å². The summed E-state index contributed by atoms with van der Waals surface area (Å²) in [5.41, 5.74) is 0.872. The van der Waals surface area contributed by atoms with Gasteiger partial charge in [-0.1, -0.05) is 42.2 Å². The molecule has 24 heavy (non-hydrogen) atoms. The fraction of sp³-hybridized carbons (Fsp3) is 0.333. The number of anilines is 2. The summed E-state index contributed by atoms with van der Waals surface area (Å²) in [6, 6.07) is 7.75. The Morgan fingerprint density at radius 1 is 1.12 bits per heavy atom. The molecule has 3 rings (SSSR count). The highest BCUT2D eigenvalue weighted by molar-refractivity contribution is 8.00. The first-order chi connectivity index (χ1) is 11.8. The van der Waals surface area contributed by atoms with Crippen LogP contribution in [0.2, 0.25) is 0 Å². The Bertz CT molecular complexity index is 790. The van der Waals surface area contributed by atoms with Gasteiger partial charge < -0.3 is 14.5 Å². The lowest BCUT2D eigenvalue weighted by atomic mass is 10.3. The largest absolute Gasteiger partial charge is 0.492 e. The lowest BCUT2D eigenvalue weighted by Crippen LogP contribution is -1.97. The molecule has 3 aromatic rings. The first-order valence-corrected chi connectivity index (χ1v) is 9.35.